The van der Waals surface area contributed by atoms with Gasteiger partial charge < -0.3 is 5.73 Å². The second-order valence-corrected chi connectivity index (χ2v) is 1.62. The van der Waals surface area contributed by atoms with Crippen LogP contribution in [0.4, 0.5) is 0 Å². The van der Waals surface area contributed by atoms with Crippen LogP contribution in [0.2, 0.25) is 0 Å². The van der Waals surface area contributed by atoms with Gasteiger partial charge in [0.2, 0.25) is 5.91 Å². The summed E-state index contributed by atoms with van der Waals surface area (Å²) in [5.74, 6) is -0.408. The van der Waals surface area contributed by atoms with Gasteiger partial charge in [0.25, 0.3) is 0 Å². The molecule has 0 unspecified atom stereocenters. The number of allylic oxidation sites excluding steroid dienone is 1. The molecule has 0 heterocycles. The number of hydrogen-bond donors (Lipinski definition) is 1. The van der Waals surface area contributed by atoms with Gasteiger partial charge in [-0.25, -0.2) is 0 Å². The largest absolute Gasteiger partial charge is 0.366 e. The Hall–Kier alpha value is -1.12. The minimum absolute atomic E-state index is 0.408. The lowest BCUT2D eigenvalue weighted by molar-refractivity contribution is -0.114. The number of nitrogens with two attached hydrogens (primary N) is 1. The molecule has 0 aromatic carbocycles. The lowest BCUT2D eigenvalue weighted by Gasteiger charge is -1.86. The van der Waals surface area contributed by atoms with E-state index in [1.165, 1.54) is 6.21 Å². The summed E-state index contributed by atoms with van der Waals surface area (Å²) in [4.78, 5) is 13.9. The van der Waals surface area contributed by atoms with Gasteiger partial charge in [-0.05, 0) is 13.0 Å². The monoisotopic (exact) mass is 156 g/mol. The van der Waals surface area contributed by atoms with E-state index in [0.29, 0.717) is 5.57 Å². The van der Waals surface area contributed by atoms with Crippen LogP contribution >= 0.6 is 0 Å². The molecule has 0 aliphatic carbocycles. The maximum Gasteiger partial charge on any atom is 0.244 e. The zero-order valence-corrected chi connectivity index (χ0v) is 7.59. The van der Waals surface area contributed by atoms with Crippen molar-refractivity contribution in [2.75, 3.05) is 7.05 Å². The van der Waals surface area contributed by atoms with E-state index in [1.54, 1.807) is 20.0 Å². The number of carbonyl (C=O) groups excluding carboxylic acids is 1. The van der Waals surface area contributed by atoms with E-state index < -0.39 is 5.91 Å². The highest BCUT2D eigenvalue weighted by Gasteiger charge is 1.91. The molecule has 1 amide bonds. The Balaban J connectivity index is 0. The second kappa shape index (κ2) is 8.88. The van der Waals surface area contributed by atoms with Gasteiger partial charge in [-0.3, -0.25) is 9.79 Å². The number of hydrogen-bond acceptors (Lipinski definition) is 2. The highest BCUT2D eigenvalue weighted by Crippen LogP contribution is 1.85. The van der Waals surface area contributed by atoms with Gasteiger partial charge in [0.05, 0.1) is 0 Å². The van der Waals surface area contributed by atoms with Gasteiger partial charge in [0.1, 0.15) is 0 Å². The van der Waals surface area contributed by atoms with Crippen LogP contribution in [0.3, 0.4) is 0 Å². The van der Waals surface area contributed by atoms with Crippen LogP contribution in [-0.4, -0.2) is 19.2 Å². The molecule has 64 valence electrons. The number of carbonyl (C=O) groups is 1. The molecule has 0 aromatic rings. The number of nitrogens with zero attached hydrogens (tertiary/aromatic N) is 1. The minimum Gasteiger partial charge on any atom is -0.366 e. The predicted octanol–water partition coefficient (Wildman–Crippen LogP) is 1.14. The molecule has 0 bridgehead atoms. The summed E-state index contributed by atoms with van der Waals surface area (Å²) in [6.07, 6.45) is 3.10. The van der Waals surface area contributed by atoms with Crippen LogP contribution in [0.1, 0.15) is 20.8 Å². The average Bonchev–Trinajstić information content (AvgIpc) is 2.03. The van der Waals surface area contributed by atoms with Crippen LogP contribution in [0.5, 0.6) is 0 Å². The Bertz CT molecular complexity index is 159. The molecule has 3 heteroatoms. The summed E-state index contributed by atoms with van der Waals surface area (Å²) in [5.41, 5.74) is 5.42. The molecule has 0 spiro atoms. The van der Waals surface area contributed by atoms with Crippen molar-refractivity contribution in [1.82, 2.24) is 0 Å². The second-order valence-electron chi connectivity index (χ2n) is 1.62. The highest BCUT2D eigenvalue weighted by molar-refractivity contribution is 5.95. The van der Waals surface area contributed by atoms with Crippen LogP contribution in [0.15, 0.2) is 16.6 Å². The van der Waals surface area contributed by atoms with E-state index in [9.17, 15) is 4.79 Å². The third-order valence-corrected chi connectivity index (χ3v) is 0.862. The molecule has 2 N–H and O–H groups in total. The summed E-state index contributed by atoms with van der Waals surface area (Å²) < 4.78 is 0. The SMILES string of the molecule is CC.CN=C/C=C(\C)C(N)=O. The first kappa shape index (κ1) is 12.5. The van der Waals surface area contributed by atoms with Crippen LogP contribution in [0.25, 0.3) is 0 Å². The zero-order chi connectivity index (χ0) is 9.28. The standard InChI is InChI=1S/C6H10N2O.C2H6/c1-5(6(7)9)3-4-8-2;1-2/h3-4H,1-2H3,(H2,7,9);1-2H3/b5-3+,8-4?;. The molecule has 0 saturated carbocycles. The fourth-order valence-electron chi connectivity index (χ4n) is 0.268. The Kier molecular flexibility index (Phi) is 10.1. The zero-order valence-electron chi connectivity index (χ0n) is 7.59. The van der Waals surface area contributed by atoms with Gasteiger partial charge in [-0.1, -0.05) is 13.8 Å². The average molecular weight is 156 g/mol. The molecule has 0 fully saturated rings. The summed E-state index contributed by atoms with van der Waals surface area (Å²) >= 11 is 0. The van der Waals surface area contributed by atoms with Crippen molar-refractivity contribution >= 4 is 12.1 Å². The molecule has 0 radical (unpaired) electrons. The van der Waals surface area contributed by atoms with Crippen molar-refractivity contribution in [2.45, 2.75) is 20.8 Å². The van der Waals surface area contributed by atoms with Gasteiger partial charge in [-0.2, -0.15) is 0 Å². The van der Waals surface area contributed by atoms with E-state index in [0.717, 1.165) is 0 Å². The smallest absolute Gasteiger partial charge is 0.244 e. The van der Waals surface area contributed by atoms with E-state index in [4.69, 9.17) is 5.73 Å². The Labute approximate surface area is 68.0 Å². The normalized spacial score (nSPS) is 10.7. The fraction of sp³-hybridized carbons (Fsp3) is 0.500. The number of rotatable bonds is 2. The quantitative estimate of drug-likeness (QED) is 0.473. The maximum absolute atomic E-state index is 10.3. The van der Waals surface area contributed by atoms with Crippen LogP contribution in [-0.2, 0) is 4.79 Å². The van der Waals surface area contributed by atoms with Crippen molar-refractivity contribution < 1.29 is 4.79 Å². The molecule has 0 aromatic heterocycles. The minimum atomic E-state index is -0.408. The molecular weight excluding hydrogens is 140 g/mol. The van der Waals surface area contributed by atoms with Crippen LogP contribution < -0.4 is 5.73 Å². The predicted molar refractivity (Wildman–Crippen MR) is 48.7 cm³/mol. The van der Waals surface area contributed by atoms with Crippen molar-refractivity contribution in [1.29, 1.82) is 0 Å². The Morgan fingerprint density at radius 3 is 2.18 bits per heavy atom. The molecule has 0 aliphatic rings. The van der Waals surface area contributed by atoms with E-state index in [1.807, 2.05) is 13.8 Å². The van der Waals surface area contributed by atoms with Crippen molar-refractivity contribution in [2.24, 2.45) is 10.7 Å². The number of amides is 1. The van der Waals surface area contributed by atoms with Gasteiger partial charge in [0.15, 0.2) is 0 Å². The number of aliphatic imine (C=N–C) groups is 1. The van der Waals surface area contributed by atoms with E-state index >= 15 is 0 Å². The molecule has 0 aliphatic heterocycles. The van der Waals surface area contributed by atoms with Gasteiger partial charge in [0, 0.05) is 18.8 Å². The third kappa shape index (κ3) is 8.88. The number of primary amides is 1. The van der Waals surface area contributed by atoms with Crippen molar-refractivity contribution in [3.8, 4) is 0 Å². The van der Waals surface area contributed by atoms with Crippen LogP contribution in [0, 0.1) is 0 Å². The topological polar surface area (TPSA) is 55.4 Å². The first-order valence-electron chi connectivity index (χ1n) is 3.57. The van der Waals surface area contributed by atoms with Crippen molar-refractivity contribution in [3.05, 3.63) is 11.6 Å². The maximum atomic E-state index is 10.3. The summed E-state index contributed by atoms with van der Waals surface area (Å²) in [6.45, 7) is 5.64. The highest BCUT2D eigenvalue weighted by atomic mass is 16.1. The van der Waals surface area contributed by atoms with E-state index in [2.05, 4.69) is 4.99 Å². The third-order valence-electron chi connectivity index (χ3n) is 0.862. The van der Waals surface area contributed by atoms with Gasteiger partial charge >= 0.3 is 0 Å². The fourth-order valence-corrected chi connectivity index (χ4v) is 0.268. The Morgan fingerprint density at radius 1 is 1.45 bits per heavy atom. The van der Waals surface area contributed by atoms with Gasteiger partial charge in [-0.15, -0.1) is 0 Å². The molecule has 11 heavy (non-hydrogen) atoms. The molecule has 0 rings (SSSR count). The first-order chi connectivity index (χ1) is 5.18. The Morgan fingerprint density at radius 2 is 1.91 bits per heavy atom. The lowest BCUT2D eigenvalue weighted by Crippen LogP contribution is -2.11. The molecule has 3 nitrogen and oxygen atoms in total. The lowest BCUT2D eigenvalue weighted by atomic mass is 10.3. The van der Waals surface area contributed by atoms with Crippen molar-refractivity contribution in [3.63, 3.8) is 0 Å². The molecular formula is C8H16N2O. The summed E-state index contributed by atoms with van der Waals surface area (Å²) in [5, 5.41) is 0. The molecule has 0 saturated heterocycles. The summed E-state index contributed by atoms with van der Waals surface area (Å²) in [7, 11) is 1.63. The first-order valence-corrected chi connectivity index (χ1v) is 3.57. The molecule has 0 atom stereocenters. The van der Waals surface area contributed by atoms with E-state index in [-0.39, 0.29) is 0 Å². The summed E-state index contributed by atoms with van der Waals surface area (Å²) in [6, 6.07) is 0.